The van der Waals surface area contributed by atoms with E-state index >= 15 is 0 Å². The maximum absolute atomic E-state index is 13.2. The lowest BCUT2D eigenvalue weighted by Crippen LogP contribution is -2.58. The normalized spacial score (nSPS) is 31.2. The molecule has 2 aliphatic rings. The molecule has 3 rings (SSSR count). The molecular formula is C22H31ClN2O2. The lowest BCUT2D eigenvalue weighted by Gasteiger charge is -2.39. The van der Waals surface area contributed by atoms with Gasteiger partial charge in [-0.1, -0.05) is 50.4 Å². The summed E-state index contributed by atoms with van der Waals surface area (Å²) in [5, 5.41) is 3.99. The van der Waals surface area contributed by atoms with E-state index in [0.29, 0.717) is 36.2 Å². The van der Waals surface area contributed by atoms with Gasteiger partial charge in [-0.3, -0.25) is 9.59 Å². The van der Waals surface area contributed by atoms with E-state index in [1.165, 1.54) is 6.42 Å². The molecule has 1 N–H and O–H groups in total. The van der Waals surface area contributed by atoms with E-state index in [-0.39, 0.29) is 17.9 Å². The number of amides is 2. The van der Waals surface area contributed by atoms with Crippen LogP contribution in [0.5, 0.6) is 0 Å². The maximum Gasteiger partial charge on any atom is 0.245 e. The molecule has 0 aromatic heterocycles. The molecule has 0 bridgehead atoms. The van der Waals surface area contributed by atoms with Crippen molar-refractivity contribution in [2.45, 2.75) is 70.9 Å². The highest BCUT2D eigenvalue weighted by Crippen LogP contribution is 2.33. The first-order valence-corrected chi connectivity index (χ1v) is 10.5. The monoisotopic (exact) mass is 390 g/mol. The van der Waals surface area contributed by atoms with Crippen molar-refractivity contribution in [3.63, 3.8) is 0 Å². The van der Waals surface area contributed by atoms with Gasteiger partial charge < -0.3 is 10.2 Å². The third kappa shape index (κ3) is 4.31. The van der Waals surface area contributed by atoms with Gasteiger partial charge in [0.05, 0.1) is 0 Å². The molecule has 4 nitrogen and oxygen atoms in total. The standard InChI is InChI=1S/C22H31ClN2O2/c1-15-5-4-6-19(16(15)2)24-21(27)22(3)13-11-20(26)25(22)14-12-17-7-9-18(23)10-8-17/h7-10,15-16,19H,4-6,11-14H2,1-3H3,(H,24,27)/t15-,16-,19+,22-/m1/s1. The van der Waals surface area contributed by atoms with E-state index < -0.39 is 5.54 Å². The fourth-order valence-electron chi connectivity index (χ4n) is 4.50. The average Bonchev–Trinajstić information content (AvgIpc) is 2.94. The molecule has 27 heavy (non-hydrogen) atoms. The number of carbonyl (C=O) groups excluding carboxylic acids is 2. The molecule has 1 saturated carbocycles. The van der Waals surface area contributed by atoms with E-state index in [9.17, 15) is 9.59 Å². The predicted octanol–water partition coefficient (Wildman–Crippen LogP) is 4.20. The molecule has 0 spiro atoms. The Morgan fingerprint density at radius 2 is 1.96 bits per heavy atom. The fourth-order valence-corrected chi connectivity index (χ4v) is 4.63. The van der Waals surface area contributed by atoms with Gasteiger partial charge in [-0.05, 0) is 55.7 Å². The molecule has 1 aliphatic carbocycles. The Morgan fingerprint density at radius 1 is 1.26 bits per heavy atom. The van der Waals surface area contributed by atoms with Crippen LogP contribution in [0, 0.1) is 11.8 Å². The number of hydrogen-bond donors (Lipinski definition) is 1. The molecule has 1 saturated heterocycles. The van der Waals surface area contributed by atoms with Crippen LogP contribution in [0.2, 0.25) is 5.02 Å². The second kappa shape index (κ2) is 8.22. The van der Waals surface area contributed by atoms with Crippen LogP contribution in [-0.4, -0.2) is 34.8 Å². The molecule has 1 aromatic rings. The van der Waals surface area contributed by atoms with Gasteiger partial charge in [0.2, 0.25) is 11.8 Å². The third-order valence-electron chi connectivity index (χ3n) is 6.77. The highest BCUT2D eigenvalue weighted by molar-refractivity contribution is 6.30. The highest BCUT2D eigenvalue weighted by atomic mass is 35.5. The number of likely N-dealkylation sites (tertiary alicyclic amines) is 1. The Kier molecular flexibility index (Phi) is 6.15. The molecule has 0 radical (unpaired) electrons. The highest BCUT2D eigenvalue weighted by Gasteiger charge is 2.47. The minimum absolute atomic E-state index is 0.00964. The number of carbonyl (C=O) groups is 2. The first-order valence-electron chi connectivity index (χ1n) is 10.2. The van der Waals surface area contributed by atoms with Crippen molar-refractivity contribution in [1.82, 2.24) is 10.2 Å². The molecule has 148 valence electrons. The van der Waals surface area contributed by atoms with Crippen LogP contribution in [-0.2, 0) is 16.0 Å². The van der Waals surface area contributed by atoms with Gasteiger partial charge in [0.15, 0.2) is 0 Å². The summed E-state index contributed by atoms with van der Waals surface area (Å²) in [5.74, 6) is 1.19. The van der Waals surface area contributed by atoms with Gasteiger partial charge in [-0.15, -0.1) is 0 Å². The summed E-state index contributed by atoms with van der Waals surface area (Å²) in [4.78, 5) is 27.5. The molecule has 0 unspecified atom stereocenters. The van der Waals surface area contributed by atoms with E-state index in [1.807, 2.05) is 31.2 Å². The lowest BCUT2D eigenvalue weighted by atomic mass is 9.77. The number of rotatable bonds is 5. The number of hydrogen-bond acceptors (Lipinski definition) is 2. The molecule has 1 aromatic carbocycles. The van der Waals surface area contributed by atoms with E-state index in [2.05, 4.69) is 19.2 Å². The smallest absolute Gasteiger partial charge is 0.245 e. The fraction of sp³-hybridized carbons (Fsp3) is 0.636. The minimum Gasteiger partial charge on any atom is -0.351 e. The Labute approximate surface area is 167 Å². The molecule has 1 heterocycles. The molecule has 4 atom stereocenters. The Balaban J connectivity index is 1.67. The Morgan fingerprint density at radius 3 is 2.67 bits per heavy atom. The van der Waals surface area contributed by atoms with Gasteiger partial charge in [-0.2, -0.15) is 0 Å². The van der Waals surface area contributed by atoms with E-state index in [1.54, 1.807) is 4.90 Å². The first kappa shape index (κ1) is 20.2. The van der Waals surface area contributed by atoms with Gasteiger partial charge >= 0.3 is 0 Å². The molecule has 2 amide bonds. The summed E-state index contributed by atoms with van der Waals surface area (Å²) in [6.45, 7) is 6.98. The van der Waals surface area contributed by atoms with Crippen molar-refractivity contribution >= 4 is 23.4 Å². The summed E-state index contributed by atoms with van der Waals surface area (Å²) in [6, 6.07) is 7.89. The van der Waals surface area contributed by atoms with Crippen molar-refractivity contribution in [2.75, 3.05) is 6.54 Å². The van der Waals surface area contributed by atoms with Crippen molar-refractivity contribution in [3.8, 4) is 0 Å². The third-order valence-corrected chi connectivity index (χ3v) is 7.02. The topological polar surface area (TPSA) is 49.4 Å². The largest absolute Gasteiger partial charge is 0.351 e. The van der Waals surface area contributed by atoms with Crippen molar-refractivity contribution in [2.24, 2.45) is 11.8 Å². The summed E-state index contributed by atoms with van der Waals surface area (Å²) in [7, 11) is 0. The summed E-state index contributed by atoms with van der Waals surface area (Å²) in [6.07, 6.45) is 5.19. The van der Waals surface area contributed by atoms with Crippen molar-refractivity contribution in [3.05, 3.63) is 34.9 Å². The predicted molar refractivity (Wildman–Crippen MR) is 109 cm³/mol. The zero-order valence-corrected chi connectivity index (χ0v) is 17.4. The van der Waals surface area contributed by atoms with Crippen LogP contribution in [0.4, 0.5) is 0 Å². The first-order chi connectivity index (χ1) is 12.8. The van der Waals surface area contributed by atoms with Gasteiger partial charge in [0, 0.05) is 24.0 Å². The van der Waals surface area contributed by atoms with E-state index in [4.69, 9.17) is 11.6 Å². The summed E-state index contributed by atoms with van der Waals surface area (Å²) < 4.78 is 0. The number of benzene rings is 1. The molecule has 2 fully saturated rings. The minimum atomic E-state index is -0.746. The summed E-state index contributed by atoms with van der Waals surface area (Å²) >= 11 is 5.95. The van der Waals surface area contributed by atoms with Gasteiger partial charge in [-0.25, -0.2) is 0 Å². The number of halogens is 1. The van der Waals surface area contributed by atoms with Crippen LogP contribution in [0.3, 0.4) is 0 Å². The van der Waals surface area contributed by atoms with Crippen molar-refractivity contribution in [1.29, 1.82) is 0 Å². The summed E-state index contributed by atoms with van der Waals surface area (Å²) in [5.41, 5.74) is 0.376. The van der Waals surface area contributed by atoms with Crippen LogP contribution in [0.15, 0.2) is 24.3 Å². The molecule has 5 heteroatoms. The number of nitrogens with one attached hydrogen (secondary N) is 1. The van der Waals surface area contributed by atoms with Crippen molar-refractivity contribution < 1.29 is 9.59 Å². The number of nitrogens with zero attached hydrogens (tertiary/aromatic N) is 1. The van der Waals surface area contributed by atoms with E-state index in [0.717, 1.165) is 24.8 Å². The van der Waals surface area contributed by atoms with Crippen LogP contribution in [0.1, 0.15) is 58.4 Å². The molecule has 1 aliphatic heterocycles. The van der Waals surface area contributed by atoms with Gasteiger partial charge in [0.25, 0.3) is 0 Å². The average molecular weight is 391 g/mol. The maximum atomic E-state index is 13.2. The van der Waals surface area contributed by atoms with Crippen LogP contribution in [0.25, 0.3) is 0 Å². The zero-order chi connectivity index (χ0) is 19.6. The quantitative estimate of drug-likeness (QED) is 0.818. The second-order valence-corrected chi connectivity index (χ2v) is 8.98. The Hall–Kier alpha value is -1.55. The Bertz CT molecular complexity index is 690. The van der Waals surface area contributed by atoms with Crippen LogP contribution < -0.4 is 5.32 Å². The lowest BCUT2D eigenvalue weighted by molar-refractivity contribution is -0.141. The van der Waals surface area contributed by atoms with Crippen LogP contribution >= 0.6 is 11.6 Å². The zero-order valence-electron chi connectivity index (χ0n) is 16.6. The molecular weight excluding hydrogens is 360 g/mol. The van der Waals surface area contributed by atoms with Gasteiger partial charge in [0.1, 0.15) is 5.54 Å². The second-order valence-electron chi connectivity index (χ2n) is 8.54. The SMILES string of the molecule is C[C@@H]1[C@H](C)CCC[C@@H]1NC(=O)[C@@]1(C)CCC(=O)N1CCc1ccc(Cl)cc1.